The molecule has 1 aromatic heterocycles. The Morgan fingerprint density at radius 3 is 3.05 bits per heavy atom. The summed E-state index contributed by atoms with van der Waals surface area (Å²) in [7, 11) is 0. The standard InChI is InChI=1S/C15H17N3O/c16-18-14(9-11-3-2-7-17-10-11)13-5-1-4-12-6-8-19-15(12)13/h1-5,7,10,14,18H,6,8-9,16H2. The zero-order valence-corrected chi connectivity index (χ0v) is 10.7. The molecule has 98 valence electrons. The quantitative estimate of drug-likeness (QED) is 0.645. The molecule has 0 spiro atoms. The smallest absolute Gasteiger partial charge is 0.127 e. The molecule has 1 unspecified atom stereocenters. The highest BCUT2D eigenvalue weighted by molar-refractivity contribution is 5.46. The lowest BCUT2D eigenvalue weighted by molar-refractivity contribution is 0.348. The molecule has 1 aromatic carbocycles. The molecule has 4 heteroatoms. The van der Waals surface area contributed by atoms with Gasteiger partial charge in [0.05, 0.1) is 12.6 Å². The average molecular weight is 255 g/mol. The monoisotopic (exact) mass is 255 g/mol. The van der Waals surface area contributed by atoms with Crippen LogP contribution in [0.1, 0.15) is 22.7 Å². The summed E-state index contributed by atoms with van der Waals surface area (Å²) < 4.78 is 5.74. The van der Waals surface area contributed by atoms with Crippen molar-refractivity contribution in [1.29, 1.82) is 0 Å². The number of hydrogen-bond acceptors (Lipinski definition) is 4. The number of benzene rings is 1. The molecule has 0 saturated carbocycles. The van der Waals surface area contributed by atoms with Crippen molar-refractivity contribution in [3.05, 3.63) is 59.4 Å². The van der Waals surface area contributed by atoms with E-state index in [1.165, 1.54) is 5.56 Å². The Morgan fingerprint density at radius 2 is 2.26 bits per heavy atom. The van der Waals surface area contributed by atoms with Gasteiger partial charge in [0.1, 0.15) is 5.75 Å². The van der Waals surface area contributed by atoms with E-state index in [1.807, 2.05) is 12.3 Å². The third-order valence-corrected chi connectivity index (χ3v) is 3.48. The predicted molar refractivity (Wildman–Crippen MR) is 73.6 cm³/mol. The highest BCUT2D eigenvalue weighted by atomic mass is 16.5. The van der Waals surface area contributed by atoms with Crippen LogP contribution in [0.3, 0.4) is 0 Å². The van der Waals surface area contributed by atoms with Crippen molar-refractivity contribution in [2.75, 3.05) is 6.61 Å². The second-order valence-electron chi connectivity index (χ2n) is 4.72. The van der Waals surface area contributed by atoms with Crippen LogP contribution >= 0.6 is 0 Å². The van der Waals surface area contributed by atoms with Crippen LogP contribution in [0.2, 0.25) is 0 Å². The summed E-state index contributed by atoms with van der Waals surface area (Å²) in [6, 6.07) is 10.3. The maximum absolute atomic E-state index is 5.74. The number of nitrogens with two attached hydrogens (primary N) is 1. The Kier molecular flexibility index (Phi) is 3.44. The van der Waals surface area contributed by atoms with E-state index in [0.29, 0.717) is 0 Å². The van der Waals surface area contributed by atoms with Gasteiger partial charge in [0.15, 0.2) is 0 Å². The van der Waals surface area contributed by atoms with Crippen molar-refractivity contribution >= 4 is 0 Å². The first-order valence-electron chi connectivity index (χ1n) is 6.48. The molecule has 0 radical (unpaired) electrons. The zero-order valence-electron chi connectivity index (χ0n) is 10.7. The van der Waals surface area contributed by atoms with Crippen LogP contribution in [0.5, 0.6) is 5.75 Å². The highest BCUT2D eigenvalue weighted by Crippen LogP contribution is 2.34. The number of aromatic nitrogens is 1. The van der Waals surface area contributed by atoms with E-state index in [-0.39, 0.29) is 6.04 Å². The Morgan fingerprint density at radius 1 is 1.32 bits per heavy atom. The van der Waals surface area contributed by atoms with E-state index < -0.39 is 0 Å². The molecule has 0 saturated heterocycles. The minimum Gasteiger partial charge on any atom is -0.493 e. The minimum absolute atomic E-state index is 0.0391. The Labute approximate surface area is 112 Å². The minimum atomic E-state index is 0.0391. The number of para-hydroxylation sites is 1. The molecule has 3 N–H and O–H groups in total. The molecule has 0 fully saturated rings. The van der Waals surface area contributed by atoms with Crippen LogP contribution in [-0.4, -0.2) is 11.6 Å². The van der Waals surface area contributed by atoms with Crippen LogP contribution in [0.4, 0.5) is 0 Å². The summed E-state index contributed by atoms with van der Waals surface area (Å²) >= 11 is 0. The maximum atomic E-state index is 5.74. The molecular weight excluding hydrogens is 238 g/mol. The van der Waals surface area contributed by atoms with Gasteiger partial charge in [-0.25, -0.2) is 0 Å². The maximum Gasteiger partial charge on any atom is 0.127 e. The van der Waals surface area contributed by atoms with Gasteiger partial charge in [0.2, 0.25) is 0 Å². The molecule has 1 aliphatic heterocycles. The van der Waals surface area contributed by atoms with Gasteiger partial charge in [-0.2, -0.15) is 0 Å². The molecule has 2 heterocycles. The van der Waals surface area contributed by atoms with Crippen molar-refractivity contribution in [3.63, 3.8) is 0 Å². The highest BCUT2D eigenvalue weighted by Gasteiger charge is 2.21. The number of fused-ring (bicyclic) bond motifs is 1. The normalized spacial score (nSPS) is 14.8. The lowest BCUT2D eigenvalue weighted by atomic mass is 9.97. The number of rotatable bonds is 4. The summed E-state index contributed by atoms with van der Waals surface area (Å²) in [5.74, 6) is 6.72. The topological polar surface area (TPSA) is 60.2 Å². The number of ether oxygens (including phenoxy) is 1. The van der Waals surface area contributed by atoms with Gasteiger partial charge in [-0.3, -0.25) is 16.3 Å². The second-order valence-corrected chi connectivity index (χ2v) is 4.72. The largest absolute Gasteiger partial charge is 0.493 e. The van der Waals surface area contributed by atoms with Crippen LogP contribution in [0, 0.1) is 0 Å². The van der Waals surface area contributed by atoms with E-state index in [1.54, 1.807) is 6.20 Å². The SMILES string of the molecule is NNC(Cc1cccnc1)c1cccc2c1OCC2. The molecule has 1 aliphatic rings. The average Bonchev–Trinajstić information content (AvgIpc) is 2.94. The fourth-order valence-electron chi connectivity index (χ4n) is 2.53. The van der Waals surface area contributed by atoms with Gasteiger partial charge in [-0.1, -0.05) is 24.3 Å². The molecule has 4 nitrogen and oxygen atoms in total. The van der Waals surface area contributed by atoms with Crippen molar-refractivity contribution in [2.24, 2.45) is 5.84 Å². The van der Waals surface area contributed by atoms with E-state index in [9.17, 15) is 0 Å². The first-order valence-corrected chi connectivity index (χ1v) is 6.48. The van der Waals surface area contributed by atoms with E-state index in [2.05, 4.69) is 34.7 Å². The summed E-state index contributed by atoms with van der Waals surface area (Å²) in [6.07, 6.45) is 5.42. The van der Waals surface area contributed by atoms with Gasteiger partial charge in [-0.05, 0) is 23.6 Å². The third-order valence-electron chi connectivity index (χ3n) is 3.48. The molecule has 0 aliphatic carbocycles. The summed E-state index contributed by atoms with van der Waals surface area (Å²) in [6.45, 7) is 0.760. The van der Waals surface area contributed by atoms with E-state index in [4.69, 9.17) is 10.6 Å². The number of nitrogens with one attached hydrogen (secondary N) is 1. The number of hydrazine groups is 1. The van der Waals surface area contributed by atoms with Crippen LogP contribution in [-0.2, 0) is 12.8 Å². The summed E-state index contributed by atoms with van der Waals surface area (Å²) in [4.78, 5) is 4.14. The fourth-order valence-corrected chi connectivity index (χ4v) is 2.53. The third kappa shape index (κ3) is 2.45. The molecule has 0 bridgehead atoms. The van der Waals surface area contributed by atoms with Gasteiger partial charge >= 0.3 is 0 Å². The predicted octanol–water partition coefficient (Wildman–Crippen LogP) is 1.76. The first kappa shape index (κ1) is 12.1. The summed E-state index contributed by atoms with van der Waals surface area (Å²) in [5.41, 5.74) is 6.44. The van der Waals surface area contributed by atoms with E-state index >= 15 is 0 Å². The number of nitrogens with zero attached hydrogens (tertiary/aromatic N) is 1. The van der Waals surface area contributed by atoms with Crippen molar-refractivity contribution in [3.8, 4) is 5.75 Å². The van der Waals surface area contributed by atoms with Crippen LogP contribution in [0.15, 0.2) is 42.7 Å². The second kappa shape index (κ2) is 5.38. The lowest BCUT2D eigenvalue weighted by Crippen LogP contribution is -2.29. The Balaban J connectivity index is 1.89. The Bertz CT molecular complexity index is 557. The first-order chi connectivity index (χ1) is 9.38. The molecule has 2 aromatic rings. The van der Waals surface area contributed by atoms with Gasteiger partial charge in [-0.15, -0.1) is 0 Å². The summed E-state index contributed by atoms with van der Waals surface area (Å²) in [5, 5.41) is 0. The van der Waals surface area contributed by atoms with Crippen molar-refractivity contribution < 1.29 is 4.74 Å². The van der Waals surface area contributed by atoms with Gasteiger partial charge in [0, 0.05) is 24.4 Å². The van der Waals surface area contributed by atoms with Gasteiger partial charge in [0.25, 0.3) is 0 Å². The zero-order chi connectivity index (χ0) is 13.1. The number of pyridine rings is 1. The van der Waals surface area contributed by atoms with Gasteiger partial charge < -0.3 is 4.74 Å². The lowest BCUT2D eigenvalue weighted by Gasteiger charge is -2.19. The van der Waals surface area contributed by atoms with Crippen LogP contribution in [0.25, 0.3) is 0 Å². The van der Waals surface area contributed by atoms with E-state index in [0.717, 1.165) is 36.3 Å². The Hall–Kier alpha value is -1.91. The van der Waals surface area contributed by atoms with Crippen molar-refractivity contribution in [1.82, 2.24) is 10.4 Å². The fraction of sp³-hybridized carbons (Fsp3) is 0.267. The number of hydrogen-bond donors (Lipinski definition) is 2. The molecule has 1 atom stereocenters. The molecule has 19 heavy (non-hydrogen) atoms. The van der Waals surface area contributed by atoms with Crippen LogP contribution < -0.4 is 16.0 Å². The molecule has 3 rings (SSSR count). The molecule has 0 amide bonds. The molecular formula is C15H17N3O. The van der Waals surface area contributed by atoms with Crippen molar-refractivity contribution in [2.45, 2.75) is 18.9 Å².